The normalized spacial score (nSPS) is 11.3. The van der Waals surface area contributed by atoms with Crippen LogP contribution in [0.25, 0.3) is 0 Å². The van der Waals surface area contributed by atoms with Gasteiger partial charge in [-0.3, -0.25) is 9.98 Å². The number of hydrogen-bond acceptors (Lipinski definition) is 2. The summed E-state index contributed by atoms with van der Waals surface area (Å²) in [5, 5.41) is 6.59. The van der Waals surface area contributed by atoms with Gasteiger partial charge in [0.25, 0.3) is 0 Å². The van der Waals surface area contributed by atoms with Gasteiger partial charge >= 0.3 is 0 Å². The maximum Gasteiger partial charge on any atom is 0.191 e. The molecule has 22 heavy (non-hydrogen) atoms. The molecular formula is C17H21BrN4. The molecule has 0 aliphatic heterocycles. The molecule has 1 aromatic carbocycles. The molecule has 0 saturated heterocycles. The quantitative estimate of drug-likeness (QED) is 0.472. The SMILES string of the molecule is CN=C(NCCCc1cccc(Br)c1)NCc1ccccn1. The van der Waals surface area contributed by atoms with Crippen LogP contribution < -0.4 is 10.6 Å². The summed E-state index contributed by atoms with van der Waals surface area (Å²) >= 11 is 3.50. The summed E-state index contributed by atoms with van der Waals surface area (Å²) in [4.78, 5) is 8.50. The number of aromatic nitrogens is 1. The smallest absolute Gasteiger partial charge is 0.191 e. The number of aryl methyl sites for hydroxylation is 1. The van der Waals surface area contributed by atoms with Crippen molar-refractivity contribution in [3.05, 3.63) is 64.4 Å². The molecule has 0 radical (unpaired) electrons. The van der Waals surface area contributed by atoms with E-state index in [0.29, 0.717) is 6.54 Å². The lowest BCUT2D eigenvalue weighted by molar-refractivity contribution is 0.738. The number of nitrogens with zero attached hydrogens (tertiary/aromatic N) is 2. The average Bonchev–Trinajstić information content (AvgIpc) is 2.55. The largest absolute Gasteiger partial charge is 0.356 e. The van der Waals surface area contributed by atoms with Crippen LogP contribution in [0.1, 0.15) is 17.7 Å². The summed E-state index contributed by atoms with van der Waals surface area (Å²) in [5.41, 5.74) is 2.34. The second kappa shape index (κ2) is 9.20. The zero-order chi connectivity index (χ0) is 15.6. The van der Waals surface area contributed by atoms with Crippen molar-refractivity contribution in [3.63, 3.8) is 0 Å². The number of guanidine groups is 1. The Morgan fingerprint density at radius 3 is 2.82 bits per heavy atom. The first-order chi connectivity index (χ1) is 10.8. The van der Waals surface area contributed by atoms with Gasteiger partial charge in [-0.15, -0.1) is 0 Å². The summed E-state index contributed by atoms with van der Waals surface area (Å²) in [6.45, 7) is 1.56. The molecule has 2 N–H and O–H groups in total. The lowest BCUT2D eigenvalue weighted by Crippen LogP contribution is -2.37. The van der Waals surface area contributed by atoms with Gasteiger partial charge in [0.05, 0.1) is 12.2 Å². The van der Waals surface area contributed by atoms with Crippen molar-refractivity contribution < 1.29 is 0 Å². The number of hydrogen-bond donors (Lipinski definition) is 2. The highest BCUT2D eigenvalue weighted by molar-refractivity contribution is 9.10. The van der Waals surface area contributed by atoms with E-state index in [9.17, 15) is 0 Å². The number of benzene rings is 1. The van der Waals surface area contributed by atoms with E-state index < -0.39 is 0 Å². The zero-order valence-electron chi connectivity index (χ0n) is 12.7. The second-order valence-corrected chi connectivity index (χ2v) is 5.82. The fraction of sp³-hybridized carbons (Fsp3) is 0.294. The van der Waals surface area contributed by atoms with Crippen molar-refractivity contribution in [2.75, 3.05) is 13.6 Å². The van der Waals surface area contributed by atoms with Crippen LogP contribution in [0, 0.1) is 0 Å². The Labute approximate surface area is 140 Å². The fourth-order valence-electron chi connectivity index (χ4n) is 2.09. The van der Waals surface area contributed by atoms with Gasteiger partial charge in [-0.1, -0.05) is 34.1 Å². The van der Waals surface area contributed by atoms with Crippen LogP contribution in [0.2, 0.25) is 0 Å². The van der Waals surface area contributed by atoms with E-state index in [2.05, 4.69) is 54.7 Å². The molecule has 0 bridgehead atoms. The molecule has 4 nitrogen and oxygen atoms in total. The van der Waals surface area contributed by atoms with Crippen LogP contribution in [-0.2, 0) is 13.0 Å². The van der Waals surface area contributed by atoms with Crippen molar-refractivity contribution in [2.24, 2.45) is 4.99 Å². The van der Waals surface area contributed by atoms with E-state index in [1.54, 1.807) is 13.2 Å². The monoisotopic (exact) mass is 360 g/mol. The van der Waals surface area contributed by atoms with Gasteiger partial charge in [0.2, 0.25) is 0 Å². The Morgan fingerprint density at radius 1 is 1.18 bits per heavy atom. The molecule has 0 aliphatic rings. The number of aliphatic imine (C=N–C) groups is 1. The molecule has 116 valence electrons. The zero-order valence-corrected chi connectivity index (χ0v) is 14.3. The first-order valence-electron chi connectivity index (χ1n) is 7.37. The third-order valence-electron chi connectivity index (χ3n) is 3.21. The van der Waals surface area contributed by atoms with Crippen molar-refractivity contribution in [1.29, 1.82) is 0 Å². The minimum atomic E-state index is 0.673. The Bertz CT molecular complexity index is 599. The van der Waals surface area contributed by atoms with Crippen LogP contribution in [0.4, 0.5) is 0 Å². The number of rotatable bonds is 6. The average molecular weight is 361 g/mol. The highest BCUT2D eigenvalue weighted by Crippen LogP contribution is 2.12. The standard InChI is InChI=1S/C17H21BrN4/c1-19-17(22-13-16-9-2-3-10-20-16)21-11-5-7-14-6-4-8-15(18)12-14/h2-4,6,8-10,12H,5,7,11,13H2,1H3,(H2,19,21,22). The summed E-state index contributed by atoms with van der Waals surface area (Å²) in [6.07, 6.45) is 3.90. The maximum atomic E-state index is 4.28. The molecular weight excluding hydrogens is 340 g/mol. The Morgan fingerprint density at radius 2 is 2.09 bits per heavy atom. The predicted octanol–water partition coefficient (Wildman–Crippen LogP) is 3.14. The van der Waals surface area contributed by atoms with E-state index >= 15 is 0 Å². The van der Waals surface area contributed by atoms with E-state index in [0.717, 1.165) is 35.5 Å². The maximum absolute atomic E-state index is 4.28. The van der Waals surface area contributed by atoms with Gasteiger partial charge in [-0.25, -0.2) is 0 Å². The van der Waals surface area contributed by atoms with Crippen LogP contribution in [0.15, 0.2) is 58.1 Å². The summed E-state index contributed by atoms with van der Waals surface area (Å²) in [7, 11) is 1.78. The lowest BCUT2D eigenvalue weighted by Gasteiger charge is -2.11. The van der Waals surface area contributed by atoms with Gasteiger partial charge in [-0.2, -0.15) is 0 Å². The van der Waals surface area contributed by atoms with E-state index in [-0.39, 0.29) is 0 Å². The molecule has 0 unspecified atom stereocenters. The van der Waals surface area contributed by atoms with E-state index in [1.165, 1.54) is 5.56 Å². The molecule has 0 fully saturated rings. The number of nitrogens with one attached hydrogen (secondary N) is 2. The topological polar surface area (TPSA) is 49.3 Å². The Kier molecular flexibility index (Phi) is 6.90. The molecule has 0 atom stereocenters. The van der Waals surface area contributed by atoms with Gasteiger partial charge in [0.15, 0.2) is 5.96 Å². The van der Waals surface area contributed by atoms with Crippen molar-refractivity contribution in [2.45, 2.75) is 19.4 Å². The Hall–Kier alpha value is -1.88. The van der Waals surface area contributed by atoms with Crippen LogP contribution in [0.5, 0.6) is 0 Å². The highest BCUT2D eigenvalue weighted by Gasteiger charge is 1.99. The molecule has 0 saturated carbocycles. The third kappa shape index (κ3) is 5.85. The molecule has 1 heterocycles. The minimum Gasteiger partial charge on any atom is -0.356 e. The van der Waals surface area contributed by atoms with Gasteiger partial charge in [0, 0.05) is 24.3 Å². The summed E-state index contributed by atoms with van der Waals surface area (Å²) in [6, 6.07) is 14.3. The van der Waals surface area contributed by atoms with Crippen LogP contribution >= 0.6 is 15.9 Å². The van der Waals surface area contributed by atoms with E-state index in [4.69, 9.17) is 0 Å². The molecule has 2 aromatic rings. The number of pyridine rings is 1. The van der Waals surface area contributed by atoms with Crippen molar-refractivity contribution in [1.82, 2.24) is 15.6 Å². The highest BCUT2D eigenvalue weighted by atomic mass is 79.9. The fourth-order valence-corrected chi connectivity index (χ4v) is 2.54. The van der Waals surface area contributed by atoms with Crippen LogP contribution in [0.3, 0.4) is 0 Å². The molecule has 0 amide bonds. The van der Waals surface area contributed by atoms with Crippen LogP contribution in [-0.4, -0.2) is 24.5 Å². The second-order valence-electron chi connectivity index (χ2n) is 4.91. The first-order valence-corrected chi connectivity index (χ1v) is 8.16. The Balaban J connectivity index is 1.68. The van der Waals surface area contributed by atoms with Crippen molar-refractivity contribution in [3.8, 4) is 0 Å². The summed E-state index contributed by atoms with van der Waals surface area (Å²) < 4.78 is 1.13. The number of halogens is 1. The lowest BCUT2D eigenvalue weighted by atomic mass is 10.1. The molecule has 1 aromatic heterocycles. The van der Waals surface area contributed by atoms with Gasteiger partial charge < -0.3 is 10.6 Å². The van der Waals surface area contributed by atoms with Crippen molar-refractivity contribution >= 4 is 21.9 Å². The van der Waals surface area contributed by atoms with Gasteiger partial charge in [0.1, 0.15) is 0 Å². The van der Waals surface area contributed by atoms with Gasteiger partial charge in [-0.05, 0) is 42.7 Å². The minimum absolute atomic E-state index is 0.673. The summed E-state index contributed by atoms with van der Waals surface area (Å²) in [5.74, 6) is 0.805. The molecule has 5 heteroatoms. The molecule has 0 spiro atoms. The first kappa shape index (κ1) is 16.5. The van der Waals surface area contributed by atoms with E-state index in [1.807, 2.05) is 24.3 Å². The predicted molar refractivity (Wildman–Crippen MR) is 94.9 cm³/mol. The molecule has 0 aliphatic carbocycles. The molecule has 2 rings (SSSR count). The third-order valence-corrected chi connectivity index (χ3v) is 3.70.